The fraction of sp³-hybridized carbons (Fsp3) is 0.500. The van der Waals surface area contributed by atoms with E-state index in [1.807, 2.05) is 0 Å². The van der Waals surface area contributed by atoms with Gasteiger partial charge in [0.2, 0.25) is 5.91 Å². The highest BCUT2D eigenvalue weighted by Crippen LogP contribution is 1.90. The number of aromatic nitrogens is 2. The molecule has 0 atom stereocenters. The third-order valence-corrected chi connectivity index (χ3v) is 1.56. The Morgan fingerprint density at radius 1 is 1.77 bits per heavy atom. The molecule has 0 aliphatic rings. The Hall–Kier alpha value is -1.36. The minimum absolute atomic E-state index is 0.0172. The van der Waals surface area contributed by atoms with Gasteiger partial charge in [-0.15, -0.1) is 0 Å². The average Bonchev–Trinajstić information content (AvgIpc) is 2.64. The first-order chi connectivity index (χ1) is 6.33. The second-order valence-electron chi connectivity index (χ2n) is 2.60. The average molecular weight is 183 g/mol. The topological polar surface area (TPSA) is 67.0 Å². The number of carbonyl (C=O) groups excluding carboxylic acids is 1. The van der Waals surface area contributed by atoms with Crippen molar-refractivity contribution in [3.63, 3.8) is 0 Å². The quantitative estimate of drug-likeness (QED) is 0.678. The molecule has 0 saturated carbocycles. The number of aromatic amines is 1. The summed E-state index contributed by atoms with van der Waals surface area (Å²) >= 11 is 0. The number of methoxy groups -OCH3 is 1. The van der Waals surface area contributed by atoms with Gasteiger partial charge < -0.3 is 15.0 Å². The number of amides is 1. The Morgan fingerprint density at radius 3 is 3.23 bits per heavy atom. The monoisotopic (exact) mass is 183 g/mol. The zero-order valence-electron chi connectivity index (χ0n) is 7.54. The van der Waals surface area contributed by atoms with Crippen molar-refractivity contribution >= 4 is 5.91 Å². The first kappa shape index (κ1) is 9.73. The fourth-order valence-electron chi connectivity index (χ4n) is 0.858. The Morgan fingerprint density at radius 2 is 2.62 bits per heavy atom. The Balaban J connectivity index is 2.15. The molecule has 0 aliphatic heterocycles. The van der Waals surface area contributed by atoms with Crippen LogP contribution in [-0.4, -0.2) is 29.6 Å². The molecule has 5 nitrogen and oxygen atoms in total. The Kier molecular flexibility index (Phi) is 3.98. The van der Waals surface area contributed by atoms with Crippen LogP contribution in [0.15, 0.2) is 12.5 Å². The summed E-state index contributed by atoms with van der Waals surface area (Å²) in [5.74, 6) is -0.0172. The molecule has 1 rings (SSSR count). The van der Waals surface area contributed by atoms with E-state index in [0.717, 1.165) is 5.69 Å². The van der Waals surface area contributed by atoms with Gasteiger partial charge in [-0.3, -0.25) is 4.79 Å². The number of nitrogens with one attached hydrogen (secondary N) is 2. The molecule has 2 N–H and O–H groups in total. The predicted molar refractivity (Wildman–Crippen MR) is 46.9 cm³/mol. The lowest BCUT2D eigenvalue weighted by Crippen LogP contribution is -2.23. The molecule has 5 heteroatoms. The van der Waals surface area contributed by atoms with Crippen molar-refractivity contribution in [2.24, 2.45) is 0 Å². The van der Waals surface area contributed by atoms with Crippen LogP contribution in [0, 0.1) is 0 Å². The third-order valence-electron chi connectivity index (χ3n) is 1.56. The van der Waals surface area contributed by atoms with Gasteiger partial charge in [0.1, 0.15) is 0 Å². The summed E-state index contributed by atoms with van der Waals surface area (Å²) in [6.07, 6.45) is 3.65. The van der Waals surface area contributed by atoms with Gasteiger partial charge in [0.05, 0.1) is 25.2 Å². The van der Waals surface area contributed by atoms with E-state index in [1.54, 1.807) is 19.6 Å². The number of hydrogen-bond donors (Lipinski definition) is 2. The van der Waals surface area contributed by atoms with Gasteiger partial charge in [0, 0.05) is 19.7 Å². The largest absolute Gasteiger partial charge is 0.384 e. The van der Waals surface area contributed by atoms with E-state index in [-0.39, 0.29) is 5.91 Å². The van der Waals surface area contributed by atoms with Gasteiger partial charge in [-0.05, 0) is 0 Å². The summed E-state index contributed by atoms with van der Waals surface area (Å²) in [4.78, 5) is 17.8. The van der Waals surface area contributed by atoms with Crippen LogP contribution in [0.5, 0.6) is 0 Å². The van der Waals surface area contributed by atoms with Crippen LogP contribution in [0.1, 0.15) is 12.1 Å². The molecule has 0 aromatic carbocycles. The lowest BCUT2D eigenvalue weighted by molar-refractivity contribution is -0.122. The van der Waals surface area contributed by atoms with Crippen LogP contribution in [0.2, 0.25) is 0 Å². The van der Waals surface area contributed by atoms with Crippen molar-refractivity contribution in [1.29, 1.82) is 0 Å². The lowest BCUT2D eigenvalue weighted by Gasteiger charge is -2.02. The van der Waals surface area contributed by atoms with E-state index in [4.69, 9.17) is 4.74 Å². The molecular weight excluding hydrogens is 170 g/mol. The smallest absolute Gasteiger partial charge is 0.222 e. The van der Waals surface area contributed by atoms with Gasteiger partial charge in [0.25, 0.3) is 0 Å². The summed E-state index contributed by atoms with van der Waals surface area (Å²) in [7, 11) is 1.57. The number of nitrogens with zero attached hydrogens (tertiary/aromatic N) is 1. The number of H-pyrrole nitrogens is 1. The molecule has 0 radical (unpaired) electrons. The first-order valence-corrected chi connectivity index (χ1v) is 4.06. The number of imidazole rings is 1. The lowest BCUT2D eigenvalue weighted by atomic mass is 10.4. The van der Waals surface area contributed by atoms with Gasteiger partial charge in [0.15, 0.2) is 0 Å². The molecular formula is C8H13N3O2. The standard InChI is InChI=1S/C8H13N3O2/c1-13-3-2-8(12)10-5-7-4-9-6-11-7/h4,6H,2-3,5H2,1H3,(H,9,11)(H,10,12). The molecule has 1 aromatic heterocycles. The predicted octanol–water partition coefficient (Wildman–Crippen LogP) is 0.0624. The summed E-state index contributed by atoms with van der Waals surface area (Å²) < 4.78 is 4.77. The summed E-state index contributed by atoms with van der Waals surface area (Å²) in [5, 5.41) is 2.73. The van der Waals surface area contributed by atoms with Gasteiger partial charge >= 0.3 is 0 Å². The van der Waals surface area contributed by atoms with Crippen molar-refractivity contribution in [3.05, 3.63) is 18.2 Å². The molecule has 0 unspecified atom stereocenters. The van der Waals surface area contributed by atoms with Crippen LogP contribution >= 0.6 is 0 Å². The second kappa shape index (κ2) is 5.31. The molecule has 1 aromatic rings. The molecule has 13 heavy (non-hydrogen) atoms. The van der Waals surface area contributed by atoms with Gasteiger partial charge in [-0.25, -0.2) is 4.98 Å². The van der Waals surface area contributed by atoms with E-state index in [0.29, 0.717) is 19.6 Å². The van der Waals surface area contributed by atoms with E-state index in [9.17, 15) is 4.79 Å². The summed E-state index contributed by atoms with van der Waals surface area (Å²) in [6, 6.07) is 0. The zero-order valence-corrected chi connectivity index (χ0v) is 7.54. The minimum Gasteiger partial charge on any atom is -0.384 e. The highest BCUT2D eigenvalue weighted by molar-refractivity contribution is 5.75. The molecule has 1 amide bonds. The molecule has 0 bridgehead atoms. The number of rotatable bonds is 5. The van der Waals surface area contributed by atoms with Crippen LogP contribution in [0.4, 0.5) is 0 Å². The normalized spacial score (nSPS) is 9.92. The summed E-state index contributed by atoms with van der Waals surface area (Å²) in [5.41, 5.74) is 0.894. The molecule has 72 valence electrons. The Labute approximate surface area is 76.5 Å². The van der Waals surface area contributed by atoms with Crippen LogP contribution < -0.4 is 5.32 Å². The summed E-state index contributed by atoms with van der Waals surface area (Å²) in [6.45, 7) is 0.942. The molecule has 0 saturated heterocycles. The maximum atomic E-state index is 11.1. The molecule has 0 aliphatic carbocycles. The van der Waals surface area contributed by atoms with Crippen molar-refractivity contribution in [2.75, 3.05) is 13.7 Å². The zero-order chi connectivity index (χ0) is 9.52. The van der Waals surface area contributed by atoms with Crippen LogP contribution in [0.3, 0.4) is 0 Å². The maximum Gasteiger partial charge on any atom is 0.222 e. The third kappa shape index (κ3) is 3.71. The minimum atomic E-state index is -0.0172. The second-order valence-corrected chi connectivity index (χ2v) is 2.60. The Bertz CT molecular complexity index is 246. The van der Waals surface area contributed by atoms with Crippen molar-refractivity contribution in [1.82, 2.24) is 15.3 Å². The molecule has 0 spiro atoms. The molecule has 1 heterocycles. The SMILES string of the molecule is COCCC(=O)NCc1cnc[nH]1. The number of carbonyl (C=O) groups is 1. The highest BCUT2D eigenvalue weighted by Gasteiger charge is 2.00. The number of hydrogen-bond acceptors (Lipinski definition) is 3. The fourth-order valence-corrected chi connectivity index (χ4v) is 0.858. The maximum absolute atomic E-state index is 11.1. The van der Waals surface area contributed by atoms with Crippen LogP contribution in [-0.2, 0) is 16.1 Å². The van der Waals surface area contributed by atoms with Crippen LogP contribution in [0.25, 0.3) is 0 Å². The first-order valence-electron chi connectivity index (χ1n) is 4.06. The van der Waals surface area contributed by atoms with Crippen molar-refractivity contribution < 1.29 is 9.53 Å². The van der Waals surface area contributed by atoms with Crippen molar-refractivity contribution in [3.8, 4) is 0 Å². The van der Waals surface area contributed by atoms with Crippen molar-refractivity contribution in [2.45, 2.75) is 13.0 Å². The highest BCUT2D eigenvalue weighted by atomic mass is 16.5. The van der Waals surface area contributed by atoms with E-state index in [1.165, 1.54) is 0 Å². The van der Waals surface area contributed by atoms with E-state index < -0.39 is 0 Å². The number of ether oxygens (including phenoxy) is 1. The van der Waals surface area contributed by atoms with Gasteiger partial charge in [-0.2, -0.15) is 0 Å². The van der Waals surface area contributed by atoms with E-state index in [2.05, 4.69) is 15.3 Å². The van der Waals surface area contributed by atoms with Gasteiger partial charge in [-0.1, -0.05) is 0 Å². The molecule has 0 fully saturated rings. The van der Waals surface area contributed by atoms with E-state index >= 15 is 0 Å².